The van der Waals surface area contributed by atoms with Gasteiger partial charge in [0.2, 0.25) is 11.7 Å². The third-order valence-corrected chi connectivity index (χ3v) is 4.07. The summed E-state index contributed by atoms with van der Waals surface area (Å²) < 4.78 is 5.66. The Hall–Kier alpha value is -2.28. The summed E-state index contributed by atoms with van der Waals surface area (Å²) in [5, 5.41) is 16.9. The first-order valence-electron chi connectivity index (χ1n) is 7.78. The summed E-state index contributed by atoms with van der Waals surface area (Å²) in [7, 11) is 0. The van der Waals surface area contributed by atoms with Gasteiger partial charge in [0.25, 0.3) is 0 Å². The van der Waals surface area contributed by atoms with E-state index in [9.17, 15) is 4.79 Å². The van der Waals surface area contributed by atoms with Gasteiger partial charge >= 0.3 is 0 Å². The van der Waals surface area contributed by atoms with Crippen LogP contribution in [0.3, 0.4) is 0 Å². The Kier molecular flexibility index (Phi) is 4.38. The van der Waals surface area contributed by atoms with Gasteiger partial charge in [-0.25, -0.2) is 0 Å². The van der Waals surface area contributed by atoms with Gasteiger partial charge in [0.05, 0.1) is 5.60 Å². The minimum absolute atomic E-state index is 0.0131. The molecule has 3 rings (SSSR count). The van der Waals surface area contributed by atoms with Gasteiger partial charge in [-0.05, 0) is 43.5 Å². The lowest BCUT2D eigenvalue weighted by Crippen LogP contribution is -2.41. The number of carbonyl (C=O) groups is 1. The molecule has 1 atom stereocenters. The highest BCUT2D eigenvalue weighted by Gasteiger charge is 2.32. The third kappa shape index (κ3) is 3.92. The zero-order valence-corrected chi connectivity index (χ0v) is 13.4. The van der Waals surface area contributed by atoms with E-state index in [1.165, 1.54) is 0 Å². The van der Waals surface area contributed by atoms with Crippen molar-refractivity contribution in [3.05, 3.63) is 29.8 Å². The number of tetrazole rings is 1. The molecule has 0 spiro atoms. The number of benzene rings is 1. The molecule has 2 aromatic rings. The lowest BCUT2D eigenvalue weighted by molar-refractivity contribution is -0.135. The molecule has 0 bridgehead atoms. The van der Waals surface area contributed by atoms with Crippen LogP contribution >= 0.6 is 0 Å². The third-order valence-electron chi connectivity index (χ3n) is 4.07. The zero-order chi connectivity index (χ0) is 16.3. The number of hydrogen-bond acceptors (Lipinski definition) is 5. The second-order valence-corrected chi connectivity index (χ2v) is 6.45. The molecular weight excluding hydrogens is 294 g/mol. The summed E-state index contributed by atoms with van der Waals surface area (Å²) in [6.45, 7) is 5.18. The summed E-state index contributed by atoms with van der Waals surface area (Å²) in [6, 6.07) is 7.76. The van der Waals surface area contributed by atoms with Crippen molar-refractivity contribution in [2.75, 3.05) is 6.61 Å². The highest BCUT2D eigenvalue weighted by Crippen LogP contribution is 2.28. The molecule has 1 aromatic carbocycles. The van der Waals surface area contributed by atoms with Crippen LogP contribution in [-0.4, -0.2) is 38.7 Å². The molecule has 1 fully saturated rings. The monoisotopic (exact) mass is 315 g/mol. The fraction of sp³-hybridized carbons (Fsp3) is 0.500. The van der Waals surface area contributed by atoms with E-state index in [4.69, 9.17) is 4.74 Å². The molecule has 0 aliphatic carbocycles. The molecule has 0 radical (unpaired) electrons. The van der Waals surface area contributed by atoms with Crippen molar-refractivity contribution in [1.82, 2.24) is 25.9 Å². The molecule has 122 valence electrons. The van der Waals surface area contributed by atoms with Crippen molar-refractivity contribution in [2.45, 2.75) is 38.8 Å². The van der Waals surface area contributed by atoms with Gasteiger partial charge in [-0.3, -0.25) is 4.79 Å². The quantitative estimate of drug-likeness (QED) is 0.895. The van der Waals surface area contributed by atoms with Crippen molar-refractivity contribution < 1.29 is 9.53 Å². The Morgan fingerprint density at radius 2 is 2.35 bits per heavy atom. The highest BCUT2D eigenvalue weighted by molar-refractivity contribution is 5.78. The number of H-pyrrole nitrogens is 1. The van der Waals surface area contributed by atoms with Crippen LogP contribution < -0.4 is 5.32 Å². The van der Waals surface area contributed by atoms with Gasteiger partial charge in [-0.15, -0.1) is 10.2 Å². The molecule has 23 heavy (non-hydrogen) atoms. The fourth-order valence-corrected chi connectivity index (χ4v) is 2.89. The minimum Gasteiger partial charge on any atom is -0.376 e. The van der Waals surface area contributed by atoms with Gasteiger partial charge in [0, 0.05) is 24.6 Å². The summed E-state index contributed by atoms with van der Waals surface area (Å²) >= 11 is 0. The van der Waals surface area contributed by atoms with Crippen LogP contribution in [0.2, 0.25) is 0 Å². The molecule has 0 saturated carbocycles. The van der Waals surface area contributed by atoms with Crippen molar-refractivity contribution in [1.29, 1.82) is 0 Å². The zero-order valence-electron chi connectivity index (χ0n) is 13.4. The molecule has 7 heteroatoms. The number of nitrogens with zero attached hydrogens (tertiary/aromatic N) is 3. The molecule has 1 unspecified atom stereocenters. The van der Waals surface area contributed by atoms with Crippen LogP contribution in [0.25, 0.3) is 11.4 Å². The van der Waals surface area contributed by atoms with Crippen molar-refractivity contribution in [3.8, 4) is 11.4 Å². The maximum Gasteiger partial charge on any atom is 0.223 e. The predicted octanol–water partition coefficient (Wildman–Crippen LogP) is 1.69. The van der Waals surface area contributed by atoms with E-state index >= 15 is 0 Å². The second kappa shape index (κ2) is 6.45. The standard InChI is InChI=1S/C16H21N5O2/c1-16(2)9-13(6-7-23-16)15(22)17-10-11-4-3-5-12(8-11)14-18-20-21-19-14/h3-5,8,13H,6-7,9-10H2,1-2H3,(H,17,22)(H,18,19,20,21). The van der Waals surface area contributed by atoms with Gasteiger partial charge in [-0.2, -0.15) is 5.21 Å². The van der Waals surface area contributed by atoms with Crippen LogP contribution in [0.5, 0.6) is 0 Å². The molecule has 1 aliphatic rings. The minimum atomic E-state index is -0.223. The fourth-order valence-electron chi connectivity index (χ4n) is 2.89. The molecule has 1 aromatic heterocycles. The first-order valence-corrected chi connectivity index (χ1v) is 7.78. The predicted molar refractivity (Wildman–Crippen MR) is 84.2 cm³/mol. The highest BCUT2D eigenvalue weighted by atomic mass is 16.5. The van der Waals surface area contributed by atoms with Crippen LogP contribution in [0.1, 0.15) is 32.3 Å². The van der Waals surface area contributed by atoms with E-state index in [2.05, 4.69) is 25.9 Å². The van der Waals surface area contributed by atoms with E-state index in [0.717, 1.165) is 24.0 Å². The van der Waals surface area contributed by atoms with Crippen molar-refractivity contribution >= 4 is 5.91 Å². The smallest absolute Gasteiger partial charge is 0.223 e. The Morgan fingerprint density at radius 3 is 3.09 bits per heavy atom. The lowest BCUT2D eigenvalue weighted by Gasteiger charge is -2.34. The number of amides is 1. The number of nitrogens with one attached hydrogen (secondary N) is 2. The number of aromatic amines is 1. The van der Waals surface area contributed by atoms with Gasteiger partial charge < -0.3 is 10.1 Å². The molecule has 2 heterocycles. The maximum absolute atomic E-state index is 12.4. The number of aromatic nitrogens is 4. The summed E-state index contributed by atoms with van der Waals surface area (Å²) in [5.74, 6) is 0.648. The van der Waals surface area contributed by atoms with Crippen LogP contribution in [0.15, 0.2) is 24.3 Å². The Labute approximate surface area is 134 Å². The molecule has 7 nitrogen and oxygen atoms in total. The van der Waals surface area contributed by atoms with Crippen LogP contribution in [0, 0.1) is 5.92 Å². The summed E-state index contributed by atoms with van der Waals surface area (Å²) in [6.07, 6.45) is 1.53. The average molecular weight is 315 g/mol. The Balaban J connectivity index is 1.60. The number of rotatable bonds is 4. The molecule has 1 aliphatic heterocycles. The summed E-state index contributed by atoms with van der Waals surface area (Å²) in [5.41, 5.74) is 1.66. The Morgan fingerprint density at radius 1 is 1.48 bits per heavy atom. The van der Waals surface area contributed by atoms with Crippen LogP contribution in [-0.2, 0) is 16.1 Å². The average Bonchev–Trinajstić information content (AvgIpc) is 3.06. The first-order chi connectivity index (χ1) is 11.0. The largest absolute Gasteiger partial charge is 0.376 e. The molecule has 1 amide bonds. The Bertz CT molecular complexity index is 669. The van der Waals surface area contributed by atoms with E-state index in [0.29, 0.717) is 19.0 Å². The first kappa shape index (κ1) is 15.6. The molecule has 1 saturated heterocycles. The van der Waals surface area contributed by atoms with Crippen molar-refractivity contribution in [3.63, 3.8) is 0 Å². The van der Waals surface area contributed by atoms with Crippen LogP contribution in [0.4, 0.5) is 0 Å². The summed E-state index contributed by atoms with van der Waals surface area (Å²) in [4.78, 5) is 12.4. The molecule has 2 N–H and O–H groups in total. The van der Waals surface area contributed by atoms with E-state index < -0.39 is 0 Å². The van der Waals surface area contributed by atoms with Gasteiger partial charge in [-0.1, -0.05) is 18.2 Å². The number of carbonyl (C=O) groups excluding carboxylic acids is 1. The number of hydrogen-bond donors (Lipinski definition) is 2. The maximum atomic E-state index is 12.4. The van der Waals surface area contributed by atoms with Gasteiger partial charge in [0.1, 0.15) is 0 Å². The van der Waals surface area contributed by atoms with E-state index in [1.54, 1.807) is 0 Å². The molecular formula is C16H21N5O2. The van der Waals surface area contributed by atoms with E-state index in [-0.39, 0.29) is 17.4 Å². The normalized spacial score (nSPS) is 20.2. The SMILES string of the molecule is CC1(C)CC(C(=O)NCc2cccc(-c3nn[nH]n3)c2)CCO1. The van der Waals surface area contributed by atoms with E-state index in [1.807, 2.05) is 38.1 Å². The topological polar surface area (TPSA) is 92.8 Å². The lowest BCUT2D eigenvalue weighted by atomic mass is 9.88. The number of ether oxygens (including phenoxy) is 1. The second-order valence-electron chi connectivity index (χ2n) is 6.45. The van der Waals surface area contributed by atoms with Gasteiger partial charge in [0.15, 0.2) is 0 Å². The van der Waals surface area contributed by atoms with Crippen molar-refractivity contribution in [2.24, 2.45) is 5.92 Å².